The summed E-state index contributed by atoms with van der Waals surface area (Å²) in [6, 6.07) is 7.08. The van der Waals surface area contributed by atoms with E-state index in [0.717, 1.165) is 23.9 Å². The molecule has 1 N–H and O–H groups in total. The summed E-state index contributed by atoms with van der Waals surface area (Å²) in [5.74, 6) is 0.562. The number of methoxy groups -OCH3 is 1. The van der Waals surface area contributed by atoms with Crippen LogP contribution < -0.4 is 10.1 Å². The van der Waals surface area contributed by atoms with Crippen molar-refractivity contribution in [3.63, 3.8) is 0 Å². The van der Waals surface area contributed by atoms with Crippen LogP contribution in [0.5, 0.6) is 5.75 Å². The van der Waals surface area contributed by atoms with Crippen LogP contribution in [0.15, 0.2) is 46.5 Å². The van der Waals surface area contributed by atoms with Crippen molar-refractivity contribution in [3.05, 3.63) is 62.9 Å². The Hall–Kier alpha value is -3.32. The first-order valence-corrected chi connectivity index (χ1v) is 10.8. The van der Waals surface area contributed by atoms with E-state index in [2.05, 4.69) is 15.5 Å². The van der Waals surface area contributed by atoms with Crippen molar-refractivity contribution in [2.45, 2.75) is 29.6 Å². The number of nitrogens with zero attached hydrogens (tertiary/aromatic N) is 4. The van der Waals surface area contributed by atoms with Gasteiger partial charge in [-0.05, 0) is 42.1 Å². The first kappa shape index (κ1) is 25.3. The largest absolute Gasteiger partial charge is 0.495 e. The Morgan fingerprint density at radius 1 is 1.26 bits per heavy atom. The summed E-state index contributed by atoms with van der Waals surface area (Å²) in [5, 5.41) is 22.7. The second-order valence-corrected chi connectivity index (χ2v) is 8.24. The molecule has 3 aromatic rings. The van der Waals surface area contributed by atoms with Crippen LogP contribution in [-0.2, 0) is 17.4 Å². The molecule has 0 aliphatic rings. The Labute approximate surface area is 200 Å². The maximum Gasteiger partial charge on any atom is 0.416 e. The van der Waals surface area contributed by atoms with Gasteiger partial charge in [0.1, 0.15) is 11.6 Å². The molecule has 0 bridgehead atoms. The van der Waals surface area contributed by atoms with Gasteiger partial charge in [-0.2, -0.15) is 13.2 Å². The minimum Gasteiger partial charge on any atom is -0.495 e. The van der Waals surface area contributed by atoms with E-state index < -0.39 is 22.4 Å². The lowest BCUT2D eigenvalue weighted by molar-refractivity contribution is -0.388. The molecule has 1 aromatic heterocycles. The molecule has 180 valence electrons. The zero-order chi connectivity index (χ0) is 25.0. The number of rotatable bonds is 8. The smallest absolute Gasteiger partial charge is 0.416 e. The molecule has 9 nitrogen and oxygen atoms in total. The average molecular weight is 516 g/mol. The molecule has 3 rings (SSSR count). The fraction of sp³-hybridized carbons (Fsp3) is 0.250. The highest BCUT2D eigenvalue weighted by Gasteiger charge is 2.33. The first-order chi connectivity index (χ1) is 16.0. The molecule has 0 atom stereocenters. The van der Waals surface area contributed by atoms with Crippen molar-refractivity contribution < 1.29 is 27.6 Å². The van der Waals surface area contributed by atoms with Crippen LogP contribution >= 0.6 is 23.4 Å². The van der Waals surface area contributed by atoms with E-state index in [-0.39, 0.29) is 33.9 Å². The number of amides is 1. The quantitative estimate of drug-likeness (QED) is 0.342. The summed E-state index contributed by atoms with van der Waals surface area (Å²) in [5.41, 5.74) is -1.37. The fourth-order valence-electron chi connectivity index (χ4n) is 2.95. The topological polar surface area (TPSA) is 112 Å². The summed E-state index contributed by atoms with van der Waals surface area (Å²) in [4.78, 5) is 21.8. The molecular formula is C20H17ClF3N5O4S. The van der Waals surface area contributed by atoms with Gasteiger partial charge in [0, 0.05) is 26.0 Å². The Balaban J connectivity index is 2.06. The maximum absolute atomic E-state index is 13.0. The molecule has 0 unspecified atom stereocenters. The standard InChI is InChI=1S/C20H17ClF3N5O4S/c1-11(30)25-8-7-18-26-27-19(28(18)13-4-5-16(33-2)14(21)10-13)34-17-6-3-12(20(22,23)24)9-15(17)29(31)32/h3-6,9-10H,7-8H2,1-2H3,(H,25,30). The van der Waals surface area contributed by atoms with E-state index >= 15 is 0 Å². The number of alkyl halides is 3. The highest BCUT2D eigenvalue weighted by molar-refractivity contribution is 7.99. The Morgan fingerprint density at radius 3 is 2.59 bits per heavy atom. The van der Waals surface area contributed by atoms with E-state index in [1.807, 2.05) is 0 Å². The molecule has 34 heavy (non-hydrogen) atoms. The fourth-order valence-corrected chi connectivity index (χ4v) is 4.16. The van der Waals surface area contributed by atoms with Crippen molar-refractivity contribution in [1.29, 1.82) is 0 Å². The van der Waals surface area contributed by atoms with Crippen molar-refractivity contribution in [1.82, 2.24) is 20.1 Å². The lowest BCUT2D eigenvalue weighted by Gasteiger charge is -2.13. The van der Waals surface area contributed by atoms with Gasteiger partial charge in [-0.25, -0.2) is 0 Å². The van der Waals surface area contributed by atoms with E-state index in [4.69, 9.17) is 16.3 Å². The number of nitrogens with one attached hydrogen (secondary N) is 1. The third-order valence-corrected chi connectivity index (χ3v) is 5.81. The van der Waals surface area contributed by atoms with Gasteiger partial charge in [0.15, 0.2) is 0 Å². The third-order valence-electron chi connectivity index (χ3n) is 4.50. The van der Waals surface area contributed by atoms with Crippen LogP contribution in [-0.4, -0.2) is 39.2 Å². The van der Waals surface area contributed by atoms with E-state index in [1.165, 1.54) is 14.0 Å². The van der Waals surface area contributed by atoms with Gasteiger partial charge >= 0.3 is 6.18 Å². The first-order valence-electron chi connectivity index (χ1n) is 9.57. The average Bonchev–Trinajstić information content (AvgIpc) is 3.15. The number of ether oxygens (including phenoxy) is 1. The van der Waals surface area contributed by atoms with Crippen molar-refractivity contribution in [2.24, 2.45) is 0 Å². The van der Waals surface area contributed by atoms with Gasteiger partial charge in [-0.3, -0.25) is 19.5 Å². The predicted octanol–water partition coefficient (Wildman–Crippen LogP) is 4.69. The minimum atomic E-state index is -4.73. The van der Waals surface area contributed by atoms with Crippen LogP contribution in [0.3, 0.4) is 0 Å². The predicted molar refractivity (Wildman–Crippen MR) is 118 cm³/mol. The molecule has 0 spiro atoms. The molecule has 0 fully saturated rings. The minimum absolute atomic E-state index is 0.0559. The molecule has 0 saturated carbocycles. The van der Waals surface area contributed by atoms with Crippen LogP contribution in [0.25, 0.3) is 5.69 Å². The molecule has 14 heteroatoms. The second-order valence-electron chi connectivity index (χ2n) is 6.83. The normalized spacial score (nSPS) is 11.4. The Morgan fingerprint density at radius 2 is 2.00 bits per heavy atom. The van der Waals surface area contributed by atoms with Crippen LogP contribution in [0, 0.1) is 10.1 Å². The monoisotopic (exact) mass is 515 g/mol. The zero-order valence-corrected chi connectivity index (χ0v) is 19.3. The van der Waals surface area contributed by atoms with Gasteiger partial charge in [0.2, 0.25) is 11.1 Å². The summed E-state index contributed by atoms with van der Waals surface area (Å²) in [6.45, 7) is 1.60. The molecule has 1 heterocycles. The number of hydrogen-bond donors (Lipinski definition) is 1. The van der Waals surface area contributed by atoms with Gasteiger partial charge in [-0.1, -0.05) is 11.6 Å². The lowest BCUT2D eigenvalue weighted by Crippen LogP contribution is -2.23. The van der Waals surface area contributed by atoms with E-state index in [9.17, 15) is 28.1 Å². The number of hydrogen-bond acceptors (Lipinski definition) is 7. The lowest BCUT2D eigenvalue weighted by atomic mass is 10.2. The second kappa shape index (κ2) is 10.3. The summed E-state index contributed by atoms with van der Waals surface area (Å²) in [6.07, 6.45) is -4.48. The number of halogens is 4. The highest BCUT2D eigenvalue weighted by Crippen LogP contribution is 2.40. The molecule has 0 saturated heterocycles. The molecule has 0 radical (unpaired) electrons. The number of nitro benzene ring substituents is 1. The number of carbonyl (C=O) groups excluding carboxylic acids is 1. The highest BCUT2D eigenvalue weighted by atomic mass is 35.5. The van der Waals surface area contributed by atoms with Crippen molar-refractivity contribution in [3.8, 4) is 11.4 Å². The third kappa shape index (κ3) is 5.78. The number of carbonyl (C=O) groups is 1. The summed E-state index contributed by atoms with van der Waals surface area (Å²) >= 11 is 7.02. The molecule has 1 amide bonds. The van der Waals surface area contributed by atoms with Crippen molar-refractivity contribution >= 4 is 35.0 Å². The Bertz CT molecular complexity index is 1240. The van der Waals surface area contributed by atoms with Gasteiger partial charge in [0.05, 0.1) is 33.2 Å². The molecule has 0 aliphatic heterocycles. The zero-order valence-electron chi connectivity index (χ0n) is 17.7. The van der Waals surface area contributed by atoms with Crippen LogP contribution in [0.1, 0.15) is 18.3 Å². The van der Waals surface area contributed by atoms with E-state index in [1.54, 1.807) is 22.8 Å². The SMILES string of the molecule is COc1ccc(-n2c(CCNC(C)=O)nnc2Sc2ccc(C(F)(F)F)cc2[N+](=O)[O-])cc1Cl. The number of nitro groups is 1. The maximum atomic E-state index is 13.0. The van der Waals surface area contributed by atoms with Gasteiger partial charge in [0.25, 0.3) is 5.69 Å². The number of benzene rings is 2. The number of aromatic nitrogens is 3. The van der Waals surface area contributed by atoms with Crippen LogP contribution in [0.2, 0.25) is 5.02 Å². The summed E-state index contributed by atoms with van der Waals surface area (Å²) in [7, 11) is 1.45. The molecule has 0 aliphatic carbocycles. The summed E-state index contributed by atoms with van der Waals surface area (Å²) < 4.78 is 45.8. The van der Waals surface area contributed by atoms with Crippen molar-refractivity contribution in [2.75, 3.05) is 13.7 Å². The van der Waals surface area contributed by atoms with Crippen LogP contribution in [0.4, 0.5) is 18.9 Å². The molecular weight excluding hydrogens is 499 g/mol. The Kier molecular flexibility index (Phi) is 7.67. The molecule has 2 aromatic carbocycles. The van der Waals surface area contributed by atoms with E-state index in [0.29, 0.717) is 23.3 Å². The van der Waals surface area contributed by atoms with Gasteiger partial charge in [-0.15, -0.1) is 10.2 Å². The van der Waals surface area contributed by atoms with Gasteiger partial charge < -0.3 is 10.1 Å².